The zero-order valence-electron chi connectivity index (χ0n) is 14.5. The number of sulfone groups is 1. The molecule has 0 amide bonds. The topological polar surface area (TPSA) is 64.4 Å². The van der Waals surface area contributed by atoms with E-state index in [-0.39, 0.29) is 9.80 Å². The molecule has 3 rings (SSSR count). The predicted octanol–water partition coefficient (Wildman–Crippen LogP) is 2.64. The van der Waals surface area contributed by atoms with Crippen LogP contribution in [-0.2, 0) is 16.4 Å². The van der Waals surface area contributed by atoms with Crippen LogP contribution in [0.2, 0.25) is 0 Å². The molecular formula is C20H21N3O2S. The molecule has 1 fully saturated rings. The highest BCUT2D eigenvalue weighted by atomic mass is 32.2. The van der Waals surface area contributed by atoms with Crippen LogP contribution in [0.4, 0.5) is 0 Å². The van der Waals surface area contributed by atoms with Gasteiger partial charge in [-0.3, -0.25) is 4.90 Å². The second-order valence-electron chi connectivity index (χ2n) is 6.22. The summed E-state index contributed by atoms with van der Waals surface area (Å²) in [5, 5.41) is 9.37. The Bertz CT molecular complexity index is 895. The van der Waals surface area contributed by atoms with Gasteiger partial charge in [0.15, 0.2) is 4.91 Å². The fraction of sp³-hybridized carbons (Fsp3) is 0.250. The minimum Gasteiger partial charge on any atom is -0.373 e. The van der Waals surface area contributed by atoms with Crippen molar-refractivity contribution in [3.05, 3.63) is 77.3 Å². The highest BCUT2D eigenvalue weighted by Crippen LogP contribution is 2.19. The van der Waals surface area contributed by atoms with E-state index >= 15 is 0 Å². The molecule has 1 heterocycles. The van der Waals surface area contributed by atoms with Gasteiger partial charge in [-0.05, 0) is 17.7 Å². The Kier molecular flexibility index (Phi) is 5.71. The lowest BCUT2D eigenvalue weighted by molar-refractivity contribution is 0.162. The second kappa shape index (κ2) is 8.17. The summed E-state index contributed by atoms with van der Waals surface area (Å²) in [6.45, 7) is 3.93. The van der Waals surface area contributed by atoms with E-state index in [1.807, 2.05) is 29.2 Å². The normalized spacial score (nSPS) is 16.3. The first-order valence-electron chi connectivity index (χ1n) is 8.52. The van der Waals surface area contributed by atoms with E-state index in [4.69, 9.17) is 0 Å². The Morgan fingerprint density at radius 3 is 2.12 bits per heavy atom. The lowest BCUT2D eigenvalue weighted by Gasteiger charge is -2.34. The van der Waals surface area contributed by atoms with Crippen molar-refractivity contribution in [2.24, 2.45) is 0 Å². The van der Waals surface area contributed by atoms with Gasteiger partial charge in [0, 0.05) is 38.9 Å². The molecule has 5 nitrogen and oxygen atoms in total. The van der Waals surface area contributed by atoms with Crippen molar-refractivity contribution in [1.82, 2.24) is 9.80 Å². The molecule has 0 N–H and O–H groups in total. The maximum Gasteiger partial charge on any atom is 0.218 e. The fourth-order valence-electron chi connectivity index (χ4n) is 2.94. The third-order valence-electron chi connectivity index (χ3n) is 4.41. The number of hydrogen-bond donors (Lipinski definition) is 0. The summed E-state index contributed by atoms with van der Waals surface area (Å²) in [6.07, 6.45) is 1.49. The number of nitriles is 1. The van der Waals surface area contributed by atoms with Crippen LogP contribution in [0.1, 0.15) is 5.56 Å². The summed E-state index contributed by atoms with van der Waals surface area (Å²) < 4.78 is 25.2. The molecule has 0 radical (unpaired) electrons. The predicted molar refractivity (Wildman–Crippen MR) is 101 cm³/mol. The summed E-state index contributed by atoms with van der Waals surface area (Å²) >= 11 is 0. The van der Waals surface area contributed by atoms with Crippen LogP contribution in [0.15, 0.2) is 76.7 Å². The molecule has 6 heteroatoms. The molecule has 1 aliphatic heterocycles. The highest BCUT2D eigenvalue weighted by molar-refractivity contribution is 7.95. The van der Waals surface area contributed by atoms with Crippen molar-refractivity contribution in [2.75, 3.05) is 26.2 Å². The molecule has 26 heavy (non-hydrogen) atoms. The minimum absolute atomic E-state index is 0.149. The van der Waals surface area contributed by atoms with E-state index in [0.29, 0.717) is 13.1 Å². The Hall–Kier alpha value is -2.62. The molecule has 0 spiro atoms. The summed E-state index contributed by atoms with van der Waals surface area (Å²) in [7, 11) is -3.77. The lowest BCUT2D eigenvalue weighted by Crippen LogP contribution is -2.43. The second-order valence-corrected chi connectivity index (χ2v) is 8.14. The van der Waals surface area contributed by atoms with Crippen LogP contribution in [0.25, 0.3) is 0 Å². The maximum atomic E-state index is 12.6. The van der Waals surface area contributed by atoms with Gasteiger partial charge in [0.25, 0.3) is 0 Å². The van der Waals surface area contributed by atoms with Crippen molar-refractivity contribution in [3.63, 3.8) is 0 Å². The summed E-state index contributed by atoms with van der Waals surface area (Å²) in [4.78, 5) is 4.19. The van der Waals surface area contributed by atoms with Crippen molar-refractivity contribution in [1.29, 1.82) is 5.26 Å². The molecule has 0 unspecified atom stereocenters. The molecule has 0 aromatic heterocycles. The van der Waals surface area contributed by atoms with Gasteiger partial charge in [-0.25, -0.2) is 8.42 Å². The van der Waals surface area contributed by atoms with E-state index in [1.165, 1.54) is 23.9 Å². The number of benzene rings is 2. The molecule has 0 atom stereocenters. The first-order valence-corrected chi connectivity index (χ1v) is 10.0. The first-order chi connectivity index (χ1) is 12.6. The Labute approximate surface area is 154 Å². The van der Waals surface area contributed by atoms with E-state index in [9.17, 15) is 13.7 Å². The van der Waals surface area contributed by atoms with Gasteiger partial charge in [0.1, 0.15) is 6.07 Å². The largest absolute Gasteiger partial charge is 0.373 e. The van der Waals surface area contributed by atoms with Gasteiger partial charge in [0.2, 0.25) is 9.84 Å². The van der Waals surface area contributed by atoms with Crippen LogP contribution in [0, 0.1) is 11.3 Å². The average molecular weight is 367 g/mol. The van der Waals surface area contributed by atoms with Crippen LogP contribution in [0.5, 0.6) is 0 Å². The Balaban J connectivity index is 1.66. The molecule has 2 aromatic rings. The molecule has 2 aromatic carbocycles. The smallest absolute Gasteiger partial charge is 0.218 e. The van der Waals surface area contributed by atoms with Crippen LogP contribution in [0.3, 0.4) is 0 Å². The summed E-state index contributed by atoms with van der Waals surface area (Å²) in [5.41, 5.74) is 1.26. The molecular weight excluding hydrogens is 346 g/mol. The van der Waals surface area contributed by atoms with Gasteiger partial charge in [0.05, 0.1) is 4.90 Å². The van der Waals surface area contributed by atoms with Crippen molar-refractivity contribution >= 4 is 9.84 Å². The first kappa shape index (κ1) is 18.2. The van der Waals surface area contributed by atoms with E-state index in [1.54, 1.807) is 18.2 Å². The lowest BCUT2D eigenvalue weighted by atomic mass is 10.2. The zero-order valence-corrected chi connectivity index (χ0v) is 15.3. The number of nitrogens with zero attached hydrogens (tertiary/aromatic N) is 3. The molecule has 1 aliphatic rings. The minimum atomic E-state index is -3.77. The van der Waals surface area contributed by atoms with Crippen LogP contribution >= 0.6 is 0 Å². The standard InChI is InChI=1S/C20H21N3O2S/c21-15-20(26(24,25)19-9-5-2-6-10-19)17-23-13-11-22(12-14-23)16-18-7-3-1-4-8-18/h1-10,17H,11-14,16H2/b20-17-. The van der Waals surface area contributed by atoms with Crippen LogP contribution in [-0.4, -0.2) is 44.4 Å². The highest BCUT2D eigenvalue weighted by Gasteiger charge is 2.23. The summed E-state index contributed by atoms with van der Waals surface area (Å²) in [5.74, 6) is 0. The van der Waals surface area contributed by atoms with Gasteiger partial charge in [-0.15, -0.1) is 0 Å². The molecule has 0 bridgehead atoms. The van der Waals surface area contributed by atoms with Gasteiger partial charge in [-0.2, -0.15) is 5.26 Å². The molecule has 134 valence electrons. The van der Waals surface area contributed by atoms with Crippen molar-refractivity contribution in [2.45, 2.75) is 11.4 Å². The monoisotopic (exact) mass is 367 g/mol. The number of allylic oxidation sites excluding steroid dienone is 1. The average Bonchev–Trinajstić information content (AvgIpc) is 2.68. The maximum absolute atomic E-state index is 12.6. The Morgan fingerprint density at radius 1 is 0.962 bits per heavy atom. The van der Waals surface area contributed by atoms with E-state index in [0.717, 1.165) is 19.6 Å². The van der Waals surface area contributed by atoms with Crippen LogP contribution < -0.4 is 0 Å². The third-order valence-corrected chi connectivity index (χ3v) is 6.08. The summed E-state index contributed by atoms with van der Waals surface area (Å²) in [6, 6.07) is 20.2. The molecule has 0 saturated carbocycles. The number of rotatable bonds is 5. The van der Waals surface area contributed by atoms with Gasteiger partial charge >= 0.3 is 0 Å². The zero-order chi connectivity index (χ0) is 18.4. The van der Waals surface area contributed by atoms with Crippen molar-refractivity contribution in [3.8, 4) is 6.07 Å². The third kappa shape index (κ3) is 4.31. The molecule has 0 aliphatic carbocycles. The quantitative estimate of drug-likeness (QED) is 0.760. The van der Waals surface area contributed by atoms with Gasteiger partial charge in [-0.1, -0.05) is 48.5 Å². The molecule has 1 saturated heterocycles. The van der Waals surface area contributed by atoms with E-state index < -0.39 is 9.84 Å². The SMILES string of the molecule is N#C/C(=C/N1CCN(Cc2ccccc2)CC1)S(=O)(=O)c1ccccc1. The van der Waals surface area contributed by atoms with E-state index in [2.05, 4.69) is 17.0 Å². The fourth-order valence-corrected chi connectivity index (χ4v) is 4.12. The Morgan fingerprint density at radius 2 is 1.54 bits per heavy atom. The number of hydrogen-bond acceptors (Lipinski definition) is 5. The van der Waals surface area contributed by atoms with Gasteiger partial charge < -0.3 is 4.90 Å². The number of piperazine rings is 1. The van der Waals surface area contributed by atoms with Crippen molar-refractivity contribution < 1.29 is 8.42 Å².